The summed E-state index contributed by atoms with van der Waals surface area (Å²) >= 11 is 0. The van der Waals surface area contributed by atoms with Crippen molar-refractivity contribution in [1.29, 1.82) is 0 Å². The van der Waals surface area contributed by atoms with E-state index in [0.29, 0.717) is 17.8 Å². The van der Waals surface area contributed by atoms with E-state index in [0.717, 1.165) is 12.8 Å². The summed E-state index contributed by atoms with van der Waals surface area (Å²) in [5.74, 6) is 0.180. The Bertz CT molecular complexity index is 608. The Morgan fingerprint density at radius 1 is 1.21 bits per heavy atom. The standard InChI is InChI=1S/C24H40O5/c1-17(14-22(27)29-16-19(26)15-28-18(2)25)10-13-24(5)12-7-8-20-21(24)9-6-11-23(20,3)4/h9,17,19-20,26H,6-8,10-16H2,1-5H3/t17?,19-,20+,24-/m1/s1. The molecule has 0 aromatic heterocycles. The van der Waals surface area contributed by atoms with E-state index in [9.17, 15) is 14.7 Å². The molecule has 0 aromatic rings. The molecule has 4 atom stereocenters. The molecule has 166 valence electrons. The molecule has 5 heteroatoms. The van der Waals surface area contributed by atoms with Gasteiger partial charge in [0.25, 0.3) is 0 Å². The van der Waals surface area contributed by atoms with Crippen LogP contribution >= 0.6 is 0 Å². The minimum absolute atomic E-state index is 0.139. The maximum atomic E-state index is 12.1. The summed E-state index contributed by atoms with van der Waals surface area (Å²) in [6.45, 7) is 10.3. The van der Waals surface area contributed by atoms with E-state index in [4.69, 9.17) is 9.47 Å². The van der Waals surface area contributed by atoms with Crippen molar-refractivity contribution in [3.05, 3.63) is 11.6 Å². The zero-order chi connectivity index (χ0) is 21.7. The monoisotopic (exact) mass is 408 g/mol. The highest BCUT2D eigenvalue weighted by atomic mass is 16.6. The summed E-state index contributed by atoms with van der Waals surface area (Å²) in [7, 11) is 0. The van der Waals surface area contributed by atoms with Gasteiger partial charge in [0, 0.05) is 13.3 Å². The number of aliphatic hydroxyl groups is 1. The van der Waals surface area contributed by atoms with E-state index in [-0.39, 0.29) is 30.5 Å². The fraction of sp³-hybridized carbons (Fsp3) is 0.833. The minimum Gasteiger partial charge on any atom is -0.463 e. The number of aliphatic hydroxyl groups excluding tert-OH is 1. The molecular weight excluding hydrogens is 368 g/mol. The van der Waals surface area contributed by atoms with Crippen LogP contribution in [0.4, 0.5) is 0 Å². The average molecular weight is 409 g/mol. The van der Waals surface area contributed by atoms with Gasteiger partial charge < -0.3 is 14.6 Å². The van der Waals surface area contributed by atoms with Crippen molar-refractivity contribution in [2.24, 2.45) is 22.7 Å². The molecule has 0 aliphatic heterocycles. The molecule has 1 fully saturated rings. The Balaban J connectivity index is 1.79. The van der Waals surface area contributed by atoms with E-state index in [2.05, 4.69) is 33.8 Å². The summed E-state index contributed by atoms with van der Waals surface area (Å²) in [5, 5.41) is 9.68. The summed E-state index contributed by atoms with van der Waals surface area (Å²) in [6, 6.07) is 0. The predicted molar refractivity (Wildman–Crippen MR) is 113 cm³/mol. The molecule has 0 amide bonds. The second-order valence-electron chi connectivity index (χ2n) is 10.2. The van der Waals surface area contributed by atoms with Gasteiger partial charge in [0.1, 0.15) is 19.3 Å². The Morgan fingerprint density at radius 2 is 1.90 bits per heavy atom. The number of carbonyl (C=O) groups is 2. The van der Waals surface area contributed by atoms with Crippen LogP contribution in [0.25, 0.3) is 0 Å². The largest absolute Gasteiger partial charge is 0.463 e. The first kappa shape index (κ1) is 23.9. The number of hydrogen-bond donors (Lipinski definition) is 1. The second kappa shape index (κ2) is 10.1. The van der Waals surface area contributed by atoms with Crippen molar-refractivity contribution in [2.45, 2.75) is 92.1 Å². The molecule has 2 rings (SSSR count). The van der Waals surface area contributed by atoms with Gasteiger partial charge in [0.05, 0.1) is 0 Å². The molecule has 0 saturated heterocycles. The summed E-state index contributed by atoms with van der Waals surface area (Å²) < 4.78 is 9.85. The molecule has 5 nitrogen and oxygen atoms in total. The molecule has 1 saturated carbocycles. The van der Waals surface area contributed by atoms with Crippen molar-refractivity contribution in [3.8, 4) is 0 Å². The summed E-state index contributed by atoms with van der Waals surface area (Å²) in [4.78, 5) is 22.8. The molecule has 29 heavy (non-hydrogen) atoms. The zero-order valence-electron chi connectivity index (χ0n) is 19.0. The Hall–Kier alpha value is -1.36. The van der Waals surface area contributed by atoms with Gasteiger partial charge in [-0.3, -0.25) is 9.59 Å². The van der Waals surface area contributed by atoms with Crippen LogP contribution in [0.3, 0.4) is 0 Å². The first-order chi connectivity index (χ1) is 13.5. The van der Waals surface area contributed by atoms with Crippen LogP contribution in [0.1, 0.15) is 86.0 Å². The lowest BCUT2D eigenvalue weighted by molar-refractivity contribution is -0.151. The summed E-state index contributed by atoms with van der Waals surface area (Å²) in [6.07, 6.45) is 10.3. The van der Waals surface area contributed by atoms with Gasteiger partial charge in [-0.25, -0.2) is 0 Å². The van der Waals surface area contributed by atoms with Gasteiger partial charge in [0.15, 0.2) is 0 Å². The van der Waals surface area contributed by atoms with Crippen LogP contribution in [-0.2, 0) is 19.1 Å². The molecule has 0 radical (unpaired) electrons. The van der Waals surface area contributed by atoms with Gasteiger partial charge in [-0.1, -0.05) is 45.8 Å². The van der Waals surface area contributed by atoms with Crippen molar-refractivity contribution >= 4 is 11.9 Å². The molecule has 1 unspecified atom stereocenters. The van der Waals surface area contributed by atoms with Crippen LogP contribution in [0, 0.1) is 22.7 Å². The fourth-order valence-electron chi connectivity index (χ4n) is 5.12. The van der Waals surface area contributed by atoms with E-state index in [1.54, 1.807) is 5.57 Å². The second-order valence-corrected chi connectivity index (χ2v) is 10.2. The van der Waals surface area contributed by atoms with E-state index in [1.807, 2.05) is 0 Å². The van der Waals surface area contributed by atoms with Gasteiger partial charge in [-0.15, -0.1) is 0 Å². The lowest BCUT2D eigenvalue weighted by Crippen LogP contribution is -2.39. The zero-order valence-corrected chi connectivity index (χ0v) is 19.0. The van der Waals surface area contributed by atoms with Crippen LogP contribution in [0.5, 0.6) is 0 Å². The van der Waals surface area contributed by atoms with Gasteiger partial charge >= 0.3 is 11.9 Å². The predicted octanol–water partition coefficient (Wildman–Crippen LogP) is 4.81. The quantitative estimate of drug-likeness (QED) is 0.438. The number of hydrogen-bond acceptors (Lipinski definition) is 5. The SMILES string of the molecule is CC(=O)OC[C@@H](O)COC(=O)CC(C)CC[C@@]1(C)CCC[C@H]2C1=CCCC2(C)C. The lowest BCUT2D eigenvalue weighted by Gasteiger charge is -2.50. The molecule has 2 aliphatic carbocycles. The molecule has 1 N–H and O–H groups in total. The van der Waals surface area contributed by atoms with Crippen LogP contribution < -0.4 is 0 Å². The third kappa shape index (κ3) is 6.84. The van der Waals surface area contributed by atoms with Crippen molar-refractivity contribution in [2.75, 3.05) is 13.2 Å². The minimum atomic E-state index is -0.974. The number of rotatable bonds is 9. The average Bonchev–Trinajstić information content (AvgIpc) is 2.64. The number of ether oxygens (including phenoxy) is 2. The van der Waals surface area contributed by atoms with Crippen LogP contribution in [-0.4, -0.2) is 36.4 Å². The van der Waals surface area contributed by atoms with Gasteiger partial charge in [-0.2, -0.15) is 0 Å². The number of fused-ring (bicyclic) bond motifs is 1. The topological polar surface area (TPSA) is 72.8 Å². The van der Waals surface area contributed by atoms with E-state index in [1.165, 1.54) is 39.0 Å². The molecule has 0 spiro atoms. The van der Waals surface area contributed by atoms with Crippen molar-refractivity contribution < 1.29 is 24.2 Å². The molecular formula is C24H40O5. The third-order valence-electron chi connectivity index (χ3n) is 7.01. The Kier molecular flexibility index (Phi) is 8.33. The van der Waals surface area contributed by atoms with Crippen LogP contribution in [0.2, 0.25) is 0 Å². The number of carbonyl (C=O) groups excluding carboxylic acids is 2. The first-order valence-electron chi connectivity index (χ1n) is 11.2. The van der Waals surface area contributed by atoms with Crippen LogP contribution in [0.15, 0.2) is 11.6 Å². The van der Waals surface area contributed by atoms with Gasteiger partial charge in [-0.05, 0) is 61.2 Å². The van der Waals surface area contributed by atoms with Crippen molar-refractivity contribution in [3.63, 3.8) is 0 Å². The molecule has 0 heterocycles. The highest BCUT2D eigenvalue weighted by Gasteiger charge is 2.44. The number of esters is 2. The third-order valence-corrected chi connectivity index (χ3v) is 7.01. The summed E-state index contributed by atoms with van der Waals surface area (Å²) in [5.41, 5.74) is 2.32. The molecule has 0 bridgehead atoms. The maximum Gasteiger partial charge on any atom is 0.306 e. The van der Waals surface area contributed by atoms with E-state index >= 15 is 0 Å². The highest BCUT2D eigenvalue weighted by molar-refractivity contribution is 5.69. The fourth-order valence-corrected chi connectivity index (χ4v) is 5.12. The molecule has 2 aliphatic rings. The Morgan fingerprint density at radius 3 is 2.59 bits per heavy atom. The Labute approximate surface area is 176 Å². The van der Waals surface area contributed by atoms with Gasteiger partial charge in [0.2, 0.25) is 0 Å². The normalized spacial score (nSPS) is 27.9. The number of allylic oxidation sites excluding steroid dienone is 2. The maximum absolute atomic E-state index is 12.1. The first-order valence-corrected chi connectivity index (χ1v) is 11.2. The smallest absolute Gasteiger partial charge is 0.306 e. The van der Waals surface area contributed by atoms with E-state index < -0.39 is 12.1 Å². The van der Waals surface area contributed by atoms with Crippen molar-refractivity contribution in [1.82, 2.24) is 0 Å². The molecule has 0 aromatic carbocycles. The lowest BCUT2D eigenvalue weighted by atomic mass is 9.55. The highest BCUT2D eigenvalue weighted by Crippen LogP contribution is 2.56.